The third-order valence-electron chi connectivity index (χ3n) is 15.4. The summed E-state index contributed by atoms with van der Waals surface area (Å²) in [5.41, 5.74) is 3.86. The van der Waals surface area contributed by atoms with Crippen molar-refractivity contribution in [3.63, 3.8) is 0 Å². The van der Waals surface area contributed by atoms with Gasteiger partial charge in [0, 0.05) is 42.5 Å². The van der Waals surface area contributed by atoms with Gasteiger partial charge in [0.15, 0.2) is 11.5 Å². The lowest BCUT2D eigenvalue weighted by Gasteiger charge is -2.27. The highest BCUT2D eigenvalue weighted by Crippen LogP contribution is 2.41. The van der Waals surface area contributed by atoms with Gasteiger partial charge < -0.3 is 33.2 Å². The van der Waals surface area contributed by atoms with Crippen LogP contribution < -0.4 is 18.9 Å². The van der Waals surface area contributed by atoms with Crippen molar-refractivity contribution >= 4 is 52.4 Å². The second-order valence-corrected chi connectivity index (χ2v) is 21.4. The van der Waals surface area contributed by atoms with E-state index < -0.39 is 35.7 Å². The summed E-state index contributed by atoms with van der Waals surface area (Å²) in [5, 5.41) is 0. The Morgan fingerprint density at radius 2 is 0.976 bits per heavy atom. The van der Waals surface area contributed by atoms with Crippen LogP contribution in [0.25, 0.3) is 22.3 Å². The zero-order valence-corrected chi connectivity index (χ0v) is 46.7. The minimum atomic E-state index is -0.469. The molecule has 3 aliphatic carbocycles. The van der Waals surface area contributed by atoms with Gasteiger partial charge in [0.05, 0.1) is 38.3 Å². The van der Waals surface area contributed by atoms with Gasteiger partial charge in [0.2, 0.25) is 5.78 Å². The average Bonchev–Trinajstić information content (AvgIpc) is 3.99. The van der Waals surface area contributed by atoms with Gasteiger partial charge in [-0.3, -0.25) is 24.0 Å². The van der Waals surface area contributed by atoms with E-state index in [-0.39, 0.29) is 64.2 Å². The lowest BCUT2D eigenvalue weighted by atomic mass is 9.79. The summed E-state index contributed by atoms with van der Waals surface area (Å²) in [6.45, 7) is 8.73. The molecule has 2 saturated carbocycles. The summed E-state index contributed by atoms with van der Waals surface area (Å²) < 4.78 is 39.7. The molecule has 0 aliphatic heterocycles. The number of Topliss-reactive ketones (excluding diaryl/α,β-unsaturated/α-hetero) is 1. The lowest BCUT2D eigenvalue weighted by Crippen LogP contribution is -2.30. The quantitative estimate of drug-likeness (QED) is 0.0130. The summed E-state index contributed by atoms with van der Waals surface area (Å²) in [6, 6.07) is 25.7. The highest BCUT2D eigenvalue weighted by molar-refractivity contribution is 6.20. The number of esters is 5. The van der Waals surface area contributed by atoms with E-state index in [4.69, 9.17) is 43.1 Å². The molecule has 0 saturated heterocycles. The number of carbonyl (C=O) groups excluding carboxylic acids is 7. The molecule has 0 amide bonds. The Hall–Kier alpha value is -8.01. The van der Waals surface area contributed by atoms with Crippen LogP contribution in [0.2, 0.25) is 0 Å². The SMILES string of the molecule is C=CC(=O)OCCCCCCOc1ccc(CCC(=O)CC2CCC(C(=O)Oc3ccc(OC(=O)C4CCC(OC(=O)CCc5ccc(OCCCCCCOC(=O)C=C)cc5)CC4)c4nc5c(nc34)C(=O)c3ccccc3-5)CC2)cc1. The van der Waals surface area contributed by atoms with Crippen LogP contribution in [0.15, 0.2) is 110 Å². The summed E-state index contributed by atoms with van der Waals surface area (Å²) in [5.74, 6) is -1.07. The van der Waals surface area contributed by atoms with Crippen LogP contribution in [0, 0.1) is 17.8 Å². The lowest BCUT2D eigenvalue weighted by molar-refractivity contribution is -0.152. The van der Waals surface area contributed by atoms with Crippen molar-refractivity contribution in [3.05, 3.63) is 133 Å². The largest absolute Gasteiger partial charge is 0.494 e. The first kappa shape index (κ1) is 60.1. The van der Waals surface area contributed by atoms with Gasteiger partial charge >= 0.3 is 29.8 Å². The number of ether oxygens (including phenoxy) is 7. The molecule has 432 valence electrons. The second-order valence-electron chi connectivity index (χ2n) is 21.4. The number of hydrogen-bond acceptors (Lipinski definition) is 16. The number of aryl methyl sites for hydroxylation is 2. The fourth-order valence-electron chi connectivity index (χ4n) is 10.7. The smallest absolute Gasteiger partial charge is 0.330 e. The fourth-order valence-corrected chi connectivity index (χ4v) is 10.7. The zero-order chi connectivity index (χ0) is 57.6. The van der Waals surface area contributed by atoms with E-state index in [1.165, 1.54) is 12.1 Å². The van der Waals surface area contributed by atoms with Gasteiger partial charge in [-0.15, -0.1) is 0 Å². The van der Waals surface area contributed by atoms with E-state index in [0.29, 0.717) is 120 Å². The van der Waals surface area contributed by atoms with Crippen LogP contribution in [0.3, 0.4) is 0 Å². The number of rotatable bonds is 31. The van der Waals surface area contributed by atoms with E-state index in [9.17, 15) is 33.6 Å². The number of carbonyl (C=O) groups is 7. The molecule has 1 aromatic heterocycles. The number of unbranched alkanes of at least 4 members (excludes halogenated alkanes) is 6. The molecule has 16 heteroatoms. The predicted octanol–water partition coefficient (Wildman–Crippen LogP) is 12.1. The number of fused-ring (bicyclic) bond motifs is 4. The van der Waals surface area contributed by atoms with Crippen molar-refractivity contribution in [2.75, 3.05) is 26.4 Å². The van der Waals surface area contributed by atoms with Crippen molar-refractivity contribution in [2.24, 2.45) is 17.8 Å². The first-order valence-corrected chi connectivity index (χ1v) is 29.1. The second kappa shape index (κ2) is 30.7. The van der Waals surface area contributed by atoms with E-state index >= 15 is 0 Å². The van der Waals surface area contributed by atoms with Gasteiger partial charge in [0.1, 0.15) is 45.8 Å². The highest BCUT2D eigenvalue weighted by atomic mass is 16.6. The van der Waals surface area contributed by atoms with Crippen LogP contribution >= 0.6 is 0 Å². The maximum atomic E-state index is 13.8. The molecule has 0 atom stereocenters. The van der Waals surface area contributed by atoms with Crippen molar-refractivity contribution in [2.45, 2.75) is 141 Å². The minimum Gasteiger partial charge on any atom is -0.494 e. The monoisotopic (exact) mass is 1120 g/mol. The van der Waals surface area contributed by atoms with Crippen molar-refractivity contribution < 1.29 is 66.7 Å². The molecule has 82 heavy (non-hydrogen) atoms. The molecule has 1 heterocycles. The maximum absolute atomic E-state index is 13.8. The van der Waals surface area contributed by atoms with Crippen molar-refractivity contribution in [1.29, 1.82) is 0 Å². The molecule has 0 radical (unpaired) electrons. The molecule has 8 rings (SSSR count). The number of ketones is 2. The number of benzene rings is 4. The Balaban J connectivity index is 0.769. The summed E-state index contributed by atoms with van der Waals surface area (Å²) in [4.78, 5) is 99.2. The molecule has 5 aromatic rings. The van der Waals surface area contributed by atoms with E-state index in [2.05, 4.69) is 13.2 Å². The van der Waals surface area contributed by atoms with E-state index in [1.54, 1.807) is 24.3 Å². The predicted molar refractivity (Wildman–Crippen MR) is 306 cm³/mol. The Morgan fingerprint density at radius 3 is 1.49 bits per heavy atom. The van der Waals surface area contributed by atoms with Crippen LogP contribution in [0.5, 0.6) is 23.0 Å². The minimum absolute atomic E-state index is 0.100. The Labute approximate surface area is 479 Å². The Morgan fingerprint density at radius 1 is 0.512 bits per heavy atom. The maximum Gasteiger partial charge on any atom is 0.330 e. The molecule has 0 bridgehead atoms. The molecule has 0 unspecified atom stereocenters. The van der Waals surface area contributed by atoms with Crippen LogP contribution in [-0.4, -0.2) is 83.9 Å². The van der Waals surface area contributed by atoms with Gasteiger partial charge in [-0.25, -0.2) is 19.6 Å². The first-order chi connectivity index (χ1) is 39.9. The normalized spacial score (nSPS) is 17.1. The Bertz CT molecular complexity index is 3040. The zero-order valence-electron chi connectivity index (χ0n) is 46.7. The Kier molecular flexibility index (Phi) is 22.5. The molecular weight excluding hydrogens is 1040 g/mol. The topological polar surface area (TPSA) is 210 Å². The fraction of sp³-hybridized carbons (Fsp3) is 0.439. The number of aromatic nitrogens is 2. The van der Waals surface area contributed by atoms with Gasteiger partial charge in [-0.1, -0.05) is 61.7 Å². The third-order valence-corrected chi connectivity index (χ3v) is 15.4. The van der Waals surface area contributed by atoms with Gasteiger partial charge in [-0.2, -0.15) is 0 Å². The van der Waals surface area contributed by atoms with E-state index in [1.807, 2.05) is 54.6 Å². The molecule has 3 aliphatic rings. The molecule has 2 fully saturated rings. The molecular formula is C66H74N2O14. The summed E-state index contributed by atoms with van der Waals surface area (Å²) >= 11 is 0. The average molecular weight is 1120 g/mol. The molecule has 16 nitrogen and oxygen atoms in total. The van der Waals surface area contributed by atoms with Crippen LogP contribution in [0.4, 0.5) is 0 Å². The van der Waals surface area contributed by atoms with Gasteiger partial charge in [-0.05, 0) is 169 Å². The first-order valence-electron chi connectivity index (χ1n) is 29.1. The molecule has 0 spiro atoms. The van der Waals surface area contributed by atoms with Crippen LogP contribution in [-0.2, 0) is 55.8 Å². The number of nitrogens with zero attached hydrogens (tertiary/aromatic N) is 2. The summed E-state index contributed by atoms with van der Waals surface area (Å²) in [6.07, 6.45) is 15.9. The third kappa shape index (κ3) is 17.5. The van der Waals surface area contributed by atoms with Gasteiger partial charge in [0.25, 0.3) is 0 Å². The molecule has 0 N–H and O–H groups in total. The van der Waals surface area contributed by atoms with Crippen LogP contribution in [0.1, 0.15) is 149 Å². The highest BCUT2D eigenvalue weighted by Gasteiger charge is 2.35. The molecule has 4 aromatic carbocycles. The summed E-state index contributed by atoms with van der Waals surface area (Å²) in [7, 11) is 0. The van der Waals surface area contributed by atoms with Crippen molar-refractivity contribution in [1.82, 2.24) is 9.97 Å². The number of hydrogen-bond donors (Lipinski definition) is 0. The van der Waals surface area contributed by atoms with Crippen molar-refractivity contribution in [3.8, 4) is 34.3 Å². The standard InChI is InChI=1S/C66H74N2O14/c1-3-57(70)78-41-13-7-5-11-39-76-50-30-20-44(21-31-50)19-29-49(69)43-46-17-25-47(26-18-46)65(74)82-56-37-36-55(61-62(56)68-63-60(67-61)53-15-9-10-16-54(53)64(63)73)81-66(75)48-27-34-52(35-28-48)80-59(72)38-24-45-22-32-51(33-23-45)77-40-12-6-8-14-42-79-58(71)4-2/h3-4,9-10,15-16,20-23,30-33,36-37,46-48,52H,1-2,5-8,11-14,17-19,24-29,34-35,38-43H2. The van der Waals surface area contributed by atoms with E-state index in [0.717, 1.165) is 80.1 Å².